The smallest absolute Gasteiger partial charge is 0.106 e. The molecule has 1 aromatic heterocycles. The van der Waals surface area contributed by atoms with Gasteiger partial charge in [-0.2, -0.15) is 0 Å². The number of nitrogens with zero attached hydrogens (tertiary/aromatic N) is 2. The summed E-state index contributed by atoms with van der Waals surface area (Å²) >= 11 is 0. The molecule has 1 heterocycles. The van der Waals surface area contributed by atoms with Gasteiger partial charge in [0.15, 0.2) is 0 Å². The molecule has 92 valence electrons. The summed E-state index contributed by atoms with van der Waals surface area (Å²) in [7, 11) is -0.740. The van der Waals surface area contributed by atoms with Crippen LogP contribution in [0.2, 0.25) is 0 Å². The predicted octanol–water partition coefficient (Wildman–Crippen LogP) is 1.70. The molecule has 17 heavy (non-hydrogen) atoms. The SMILES string of the molecule is CCS(=O)CCn1c(C)nc2cc(N)ccc21. The normalized spacial score (nSPS) is 13.1. The van der Waals surface area contributed by atoms with Crippen molar-refractivity contribution in [2.45, 2.75) is 20.4 Å². The molecular weight excluding hydrogens is 234 g/mol. The Morgan fingerprint density at radius 3 is 2.94 bits per heavy atom. The molecule has 0 fully saturated rings. The van der Waals surface area contributed by atoms with E-state index in [0.717, 1.165) is 29.1 Å². The van der Waals surface area contributed by atoms with Crippen LogP contribution >= 0.6 is 0 Å². The summed E-state index contributed by atoms with van der Waals surface area (Å²) in [6.07, 6.45) is 0. The summed E-state index contributed by atoms with van der Waals surface area (Å²) in [5.74, 6) is 2.32. The highest BCUT2D eigenvalue weighted by Crippen LogP contribution is 2.18. The van der Waals surface area contributed by atoms with E-state index in [1.807, 2.05) is 32.0 Å². The Kier molecular flexibility index (Phi) is 3.47. The second-order valence-corrected chi connectivity index (χ2v) is 5.86. The summed E-state index contributed by atoms with van der Waals surface area (Å²) in [6.45, 7) is 4.65. The van der Waals surface area contributed by atoms with Crippen molar-refractivity contribution in [3.63, 3.8) is 0 Å². The number of benzene rings is 1. The maximum Gasteiger partial charge on any atom is 0.106 e. The van der Waals surface area contributed by atoms with Gasteiger partial charge < -0.3 is 10.3 Å². The molecule has 0 aliphatic rings. The zero-order valence-electron chi connectivity index (χ0n) is 10.1. The lowest BCUT2D eigenvalue weighted by Crippen LogP contribution is -2.10. The first-order chi connectivity index (χ1) is 8.11. The number of aromatic nitrogens is 2. The van der Waals surface area contributed by atoms with Crippen molar-refractivity contribution < 1.29 is 4.21 Å². The maximum atomic E-state index is 11.5. The summed E-state index contributed by atoms with van der Waals surface area (Å²) in [6, 6.07) is 5.71. The lowest BCUT2D eigenvalue weighted by molar-refractivity contribution is 0.674. The molecule has 4 nitrogen and oxygen atoms in total. The second kappa shape index (κ2) is 4.87. The number of aryl methyl sites for hydroxylation is 2. The zero-order valence-corrected chi connectivity index (χ0v) is 11.0. The predicted molar refractivity (Wildman–Crippen MR) is 72.4 cm³/mol. The molecule has 1 unspecified atom stereocenters. The van der Waals surface area contributed by atoms with Crippen LogP contribution in [0, 0.1) is 6.92 Å². The number of hydrogen-bond acceptors (Lipinski definition) is 3. The van der Waals surface area contributed by atoms with Gasteiger partial charge in [-0.1, -0.05) is 6.92 Å². The summed E-state index contributed by atoms with van der Waals surface area (Å²) in [5, 5.41) is 0. The summed E-state index contributed by atoms with van der Waals surface area (Å²) in [5.41, 5.74) is 8.42. The Hall–Kier alpha value is -1.36. The van der Waals surface area contributed by atoms with Crippen molar-refractivity contribution in [2.24, 2.45) is 0 Å². The molecule has 2 N–H and O–H groups in total. The number of nitrogen functional groups attached to an aromatic ring is 1. The molecule has 1 aromatic carbocycles. The molecule has 2 rings (SSSR count). The van der Waals surface area contributed by atoms with Crippen LogP contribution in [0.4, 0.5) is 5.69 Å². The van der Waals surface area contributed by atoms with Gasteiger partial charge in [-0.3, -0.25) is 4.21 Å². The highest BCUT2D eigenvalue weighted by atomic mass is 32.2. The van der Waals surface area contributed by atoms with E-state index in [2.05, 4.69) is 9.55 Å². The first-order valence-electron chi connectivity index (χ1n) is 5.69. The lowest BCUT2D eigenvalue weighted by atomic mass is 10.3. The number of anilines is 1. The van der Waals surface area contributed by atoms with Gasteiger partial charge in [-0.05, 0) is 25.1 Å². The van der Waals surface area contributed by atoms with Gasteiger partial charge >= 0.3 is 0 Å². The largest absolute Gasteiger partial charge is 0.399 e. The van der Waals surface area contributed by atoms with E-state index in [4.69, 9.17) is 5.73 Å². The van der Waals surface area contributed by atoms with Crippen molar-refractivity contribution in [1.29, 1.82) is 0 Å². The van der Waals surface area contributed by atoms with Crippen LogP contribution < -0.4 is 5.73 Å². The number of imidazole rings is 1. The monoisotopic (exact) mass is 251 g/mol. The fourth-order valence-corrected chi connectivity index (χ4v) is 2.56. The maximum absolute atomic E-state index is 11.5. The van der Waals surface area contributed by atoms with E-state index >= 15 is 0 Å². The molecule has 0 saturated carbocycles. The van der Waals surface area contributed by atoms with Crippen LogP contribution in [0.5, 0.6) is 0 Å². The quantitative estimate of drug-likeness (QED) is 0.841. The third kappa shape index (κ3) is 2.49. The molecule has 0 saturated heterocycles. The average Bonchev–Trinajstić information content (AvgIpc) is 2.61. The first kappa shape index (κ1) is 12.1. The van der Waals surface area contributed by atoms with Crippen LogP contribution in [0.3, 0.4) is 0 Å². The van der Waals surface area contributed by atoms with Gasteiger partial charge in [0.1, 0.15) is 5.82 Å². The van der Waals surface area contributed by atoms with Crippen molar-refractivity contribution in [2.75, 3.05) is 17.2 Å². The molecule has 0 spiro atoms. The second-order valence-electron chi connectivity index (χ2n) is 3.99. The molecule has 0 bridgehead atoms. The molecule has 1 atom stereocenters. The van der Waals surface area contributed by atoms with E-state index < -0.39 is 10.8 Å². The molecular formula is C12H17N3OS. The minimum Gasteiger partial charge on any atom is -0.399 e. The highest BCUT2D eigenvalue weighted by molar-refractivity contribution is 7.84. The molecule has 0 aliphatic carbocycles. The number of nitrogens with two attached hydrogens (primary N) is 1. The minimum atomic E-state index is -0.740. The van der Waals surface area contributed by atoms with Gasteiger partial charge in [0.2, 0.25) is 0 Å². The fraction of sp³-hybridized carbons (Fsp3) is 0.417. The Balaban J connectivity index is 2.33. The van der Waals surface area contributed by atoms with Gasteiger partial charge in [0.05, 0.1) is 11.0 Å². The topological polar surface area (TPSA) is 60.9 Å². The van der Waals surface area contributed by atoms with Gasteiger partial charge in [-0.15, -0.1) is 0 Å². The van der Waals surface area contributed by atoms with Crippen molar-refractivity contribution in [3.8, 4) is 0 Å². The Morgan fingerprint density at radius 1 is 1.47 bits per heavy atom. The lowest BCUT2D eigenvalue weighted by Gasteiger charge is -2.06. The van der Waals surface area contributed by atoms with Crippen LogP contribution in [-0.2, 0) is 17.3 Å². The van der Waals surface area contributed by atoms with Gasteiger partial charge in [-0.25, -0.2) is 4.98 Å². The Bertz CT molecular complexity index is 562. The molecule has 0 aliphatic heterocycles. The number of rotatable bonds is 4. The third-order valence-corrected chi connectivity index (χ3v) is 4.11. The van der Waals surface area contributed by atoms with Crippen LogP contribution in [0.15, 0.2) is 18.2 Å². The van der Waals surface area contributed by atoms with Crippen LogP contribution in [0.1, 0.15) is 12.7 Å². The first-order valence-corrected chi connectivity index (χ1v) is 7.18. The van der Waals surface area contributed by atoms with Gasteiger partial charge in [0.25, 0.3) is 0 Å². The fourth-order valence-electron chi connectivity index (χ4n) is 1.89. The van der Waals surface area contributed by atoms with Crippen LogP contribution in [0.25, 0.3) is 11.0 Å². The molecule has 0 amide bonds. The Labute approximate surface area is 103 Å². The van der Waals surface area contributed by atoms with E-state index in [9.17, 15) is 4.21 Å². The summed E-state index contributed by atoms with van der Waals surface area (Å²) in [4.78, 5) is 4.46. The van der Waals surface area contributed by atoms with E-state index in [1.165, 1.54) is 0 Å². The summed E-state index contributed by atoms with van der Waals surface area (Å²) < 4.78 is 13.6. The molecule has 5 heteroatoms. The Morgan fingerprint density at radius 2 is 2.24 bits per heavy atom. The van der Waals surface area contributed by atoms with E-state index in [0.29, 0.717) is 11.5 Å². The average molecular weight is 251 g/mol. The zero-order chi connectivity index (χ0) is 12.4. The third-order valence-electron chi connectivity index (χ3n) is 2.83. The number of fused-ring (bicyclic) bond motifs is 1. The molecule has 2 aromatic rings. The van der Waals surface area contributed by atoms with E-state index in [1.54, 1.807) is 0 Å². The van der Waals surface area contributed by atoms with E-state index in [-0.39, 0.29) is 0 Å². The van der Waals surface area contributed by atoms with Crippen molar-refractivity contribution >= 4 is 27.5 Å². The van der Waals surface area contributed by atoms with Crippen LogP contribution in [-0.4, -0.2) is 25.3 Å². The van der Waals surface area contributed by atoms with Crippen molar-refractivity contribution in [3.05, 3.63) is 24.0 Å². The number of hydrogen-bond donors (Lipinski definition) is 1. The molecule has 0 radical (unpaired) electrons. The minimum absolute atomic E-state index is 0.674. The standard InChI is InChI=1S/C12H17N3OS/c1-3-17(16)7-6-15-9(2)14-11-8-10(13)4-5-12(11)15/h4-5,8H,3,6-7,13H2,1-2H3. The van der Waals surface area contributed by atoms with Gasteiger partial charge in [0, 0.05) is 34.5 Å². The van der Waals surface area contributed by atoms with Crippen molar-refractivity contribution in [1.82, 2.24) is 9.55 Å². The highest BCUT2D eigenvalue weighted by Gasteiger charge is 2.08.